The average molecular weight is 304 g/mol. The number of imidazole rings is 1. The Labute approximate surface area is 128 Å². The van der Waals surface area contributed by atoms with Gasteiger partial charge in [-0.05, 0) is 37.6 Å². The molecule has 0 aromatic carbocycles. The minimum atomic E-state index is -0.655. The number of nitrogens with zero attached hydrogens (tertiary/aromatic N) is 2. The van der Waals surface area contributed by atoms with Crippen LogP contribution in [0.5, 0.6) is 0 Å². The molecule has 2 heterocycles. The van der Waals surface area contributed by atoms with Crippen molar-refractivity contribution in [2.45, 2.75) is 44.3 Å². The first-order valence-corrected chi connectivity index (χ1v) is 8.09. The molecule has 0 aliphatic heterocycles. The van der Waals surface area contributed by atoms with Crippen LogP contribution >= 0.6 is 11.3 Å². The lowest BCUT2D eigenvalue weighted by Gasteiger charge is -2.28. The van der Waals surface area contributed by atoms with Crippen LogP contribution in [-0.4, -0.2) is 27.0 Å². The number of primary amides is 1. The van der Waals surface area contributed by atoms with Crippen molar-refractivity contribution < 1.29 is 4.79 Å². The number of carbonyl (C=O) groups is 1. The first-order chi connectivity index (χ1) is 10.1. The molecule has 21 heavy (non-hydrogen) atoms. The summed E-state index contributed by atoms with van der Waals surface area (Å²) >= 11 is 1.66. The van der Waals surface area contributed by atoms with E-state index in [-0.39, 0.29) is 5.91 Å². The van der Waals surface area contributed by atoms with Crippen molar-refractivity contribution in [3.63, 3.8) is 0 Å². The predicted octanol–water partition coefficient (Wildman–Crippen LogP) is 2.00. The van der Waals surface area contributed by atoms with E-state index in [2.05, 4.69) is 20.9 Å². The molecule has 0 spiro atoms. The van der Waals surface area contributed by atoms with Gasteiger partial charge in [0.15, 0.2) is 0 Å². The van der Waals surface area contributed by atoms with Gasteiger partial charge in [-0.25, -0.2) is 4.98 Å². The van der Waals surface area contributed by atoms with E-state index in [4.69, 9.17) is 5.73 Å². The molecular weight excluding hydrogens is 284 g/mol. The number of thiophene rings is 1. The van der Waals surface area contributed by atoms with Gasteiger partial charge < -0.3 is 15.6 Å². The molecule has 2 aromatic heterocycles. The summed E-state index contributed by atoms with van der Waals surface area (Å²) in [6.07, 6.45) is 6.68. The van der Waals surface area contributed by atoms with Gasteiger partial charge in [-0.15, -0.1) is 11.3 Å². The normalized spacial score (nSPS) is 17.6. The maximum Gasteiger partial charge on any atom is 0.237 e. The number of nitrogens with one attached hydrogen (secondary N) is 1. The third-order valence-electron chi connectivity index (χ3n) is 3.95. The molecule has 3 rings (SSSR count). The van der Waals surface area contributed by atoms with E-state index in [0.717, 1.165) is 23.5 Å². The summed E-state index contributed by atoms with van der Waals surface area (Å²) in [5.41, 5.74) is 4.94. The number of amides is 1. The molecule has 0 bridgehead atoms. The summed E-state index contributed by atoms with van der Waals surface area (Å²) in [5.74, 6) is 0.662. The van der Waals surface area contributed by atoms with Crippen LogP contribution in [-0.2, 0) is 11.3 Å². The third kappa shape index (κ3) is 3.16. The largest absolute Gasteiger partial charge is 0.368 e. The first-order valence-electron chi connectivity index (χ1n) is 7.21. The average Bonchev–Trinajstić information content (AvgIpc) is 2.96. The van der Waals surface area contributed by atoms with Crippen molar-refractivity contribution in [2.75, 3.05) is 0 Å². The highest BCUT2D eigenvalue weighted by atomic mass is 32.1. The Morgan fingerprint density at radius 1 is 1.62 bits per heavy atom. The standard InChI is InChI=1S/C15H20N4OS/c1-15(14(16)20,18-11-4-5-11)6-8-19-9-7-17-13(19)12-3-2-10-21-12/h2-3,7,9-11,18H,4-6,8H2,1H3,(H2,16,20). The highest BCUT2D eigenvalue weighted by Crippen LogP contribution is 2.26. The Morgan fingerprint density at radius 2 is 2.43 bits per heavy atom. The lowest BCUT2D eigenvalue weighted by Crippen LogP contribution is -2.54. The summed E-state index contributed by atoms with van der Waals surface area (Å²) in [6, 6.07) is 4.52. The zero-order chi connectivity index (χ0) is 14.9. The van der Waals surface area contributed by atoms with Crippen molar-refractivity contribution in [3.05, 3.63) is 29.9 Å². The molecule has 1 aliphatic carbocycles. The van der Waals surface area contributed by atoms with Crippen molar-refractivity contribution in [1.29, 1.82) is 0 Å². The van der Waals surface area contributed by atoms with Gasteiger partial charge in [-0.2, -0.15) is 0 Å². The van der Waals surface area contributed by atoms with Gasteiger partial charge >= 0.3 is 0 Å². The monoisotopic (exact) mass is 304 g/mol. The van der Waals surface area contributed by atoms with E-state index in [1.165, 1.54) is 0 Å². The smallest absolute Gasteiger partial charge is 0.237 e. The van der Waals surface area contributed by atoms with Gasteiger partial charge in [0.05, 0.1) is 10.4 Å². The fourth-order valence-electron chi connectivity index (χ4n) is 2.41. The van der Waals surface area contributed by atoms with E-state index in [0.29, 0.717) is 19.0 Å². The molecule has 1 amide bonds. The molecule has 3 N–H and O–H groups in total. The van der Waals surface area contributed by atoms with Crippen molar-refractivity contribution >= 4 is 17.2 Å². The maximum atomic E-state index is 11.8. The van der Waals surface area contributed by atoms with E-state index in [1.54, 1.807) is 17.5 Å². The molecule has 0 saturated heterocycles. The topological polar surface area (TPSA) is 72.9 Å². The van der Waals surface area contributed by atoms with Gasteiger partial charge in [0, 0.05) is 25.0 Å². The molecule has 2 aromatic rings. The van der Waals surface area contributed by atoms with Crippen LogP contribution in [0.4, 0.5) is 0 Å². The summed E-state index contributed by atoms with van der Waals surface area (Å²) < 4.78 is 2.08. The predicted molar refractivity (Wildman–Crippen MR) is 83.9 cm³/mol. The van der Waals surface area contributed by atoms with Gasteiger partial charge in [0.2, 0.25) is 5.91 Å². The fourth-order valence-corrected chi connectivity index (χ4v) is 3.15. The minimum absolute atomic E-state index is 0.285. The van der Waals surface area contributed by atoms with E-state index in [1.807, 2.05) is 24.6 Å². The second-order valence-corrected chi connectivity index (χ2v) is 6.73. The molecule has 112 valence electrons. The molecule has 1 fully saturated rings. The van der Waals surface area contributed by atoms with Crippen LogP contribution < -0.4 is 11.1 Å². The zero-order valence-corrected chi connectivity index (χ0v) is 12.9. The fraction of sp³-hybridized carbons (Fsp3) is 0.467. The number of rotatable bonds is 7. The second-order valence-electron chi connectivity index (χ2n) is 5.79. The Morgan fingerprint density at radius 3 is 3.05 bits per heavy atom. The van der Waals surface area contributed by atoms with Crippen LogP contribution in [0.1, 0.15) is 26.2 Å². The van der Waals surface area contributed by atoms with Crippen LogP contribution in [0.3, 0.4) is 0 Å². The molecule has 1 aliphatic rings. The zero-order valence-electron chi connectivity index (χ0n) is 12.1. The Balaban J connectivity index is 1.72. The highest BCUT2D eigenvalue weighted by Gasteiger charge is 2.36. The molecule has 1 saturated carbocycles. The molecule has 5 nitrogen and oxygen atoms in total. The molecule has 0 radical (unpaired) electrons. The number of nitrogens with two attached hydrogens (primary N) is 1. The van der Waals surface area contributed by atoms with Crippen LogP contribution in [0.2, 0.25) is 0 Å². The van der Waals surface area contributed by atoms with Crippen molar-refractivity contribution in [2.24, 2.45) is 5.73 Å². The number of aryl methyl sites for hydroxylation is 1. The van der Waals surface area contributed by atoms with E-state index in [9.17, 15) is 4.79 Å². The van der Waals surface area contributed by atoms with Gasteiger partial charge in [-0.3, -0.25) is 4.79 Å². The SMILES string of the molecule is CC(CCn1ccnc1-c1cccs1)(NC1CC1)C(N)=O. The van der Waals surface area contributed by atoms with E-state index < -0.39 is 5.54 Å². The van der Waals surface area contributed by atoms with Gasteiger partial charge in [-0.1, -0.05) is 6.07 Å². The summed E-state index contributed by atoms with van der Waals surface area (Å²) in [4.78, 5) is 17.3. The molecule has 1 atom stereocenters. The van der Waals surface area contributed by atoms with Crippen molar-refractivity contribution in [3.8, 4) is 10.7 Å². The number of carbonyl (C=O) groups excluding carboxylic acids is 1. The number of hydrogen-bond donors (Lipinski definition) is 2. The van der Waals surface area contributed by atoms with Crippen molar-refractivity contribution in [1.82, 2.24) is 14.9 Å². The van der Waals surface area contributed by atoms with Crippen LogP contribution in [0, 0.1) is 0 Å². The number of aromatic nitrogens is 2. The van der Waals surface area contributed by atoms with Gasteiger partial charge in [0.1, 0.15) is 5.82 Å². The second kappa shape index (κ2) is 5.61. The maximum absolute atomic E-state index is 11.8. The van der Waals surface area contributed by atoms with Gasteiger partial charge in [0.25, 0.3) is 0 Å². The highest BCUT2D eigenvalue weighted by molar-refractivity contribution is 7.13. The quantitative estimate of drug-likeness (QED) is 0.821. The molecule has 1 unspecified atom stereocenters. The molecular formula is C15H20N4OS. The Hall–Kier alpha value is -1.66. The third-order valence-corrected chi connectivity index (χ3v) is 4.82. The lowest BCUT2D eigenvalue weighted by atomic mass is 9.96. The molecule has 6 heteroatoms. The summed E-state index contributed by atoms with van der Waals surface area (Å²) in [7, 11) is 0. The Kier molecular flexibility index (Phi) is 3.82. The van der Waals surface area contributed by atoms with Crippen LogP contribution in [0.15, 0.2) is 29.9 Å². The Bertz CT molecular complexity index is 617. The summed E-state index contributed by atoms with van der Waals surface area (Å²) in [6.45, 7) is 2.61. The minimum Gasteiger partial charge on any atom is -0.368 e. The summed E-state index contributed by atoms with van der Waals surface area (Å²) in [5, 5.41) is 5.42. The lowest BCUT2D eigenvalue weighted by molar-refractivity contribution is -0.124. The first kappa shape index (κ1) is 14.3. The van der Waals surface area contributed by atoms with Crippen LogP contribution in [0.25, 0.3) is 10.7 Å². The number of hydrogen-bond acceptors (Lipinski definition) is 4. The van der Waals surface area contributed by atoms with E-state index >= 15 is 0 Å².